The van der Waals surface area contributed by atoms with E-state index in [1.165, 1.54) is 17.2 Å². The number of aromatic nitrogens is 4. The zero-order chi connectivity index (χ0) is 18.6. The van der Waals surface area contributed by atoms with Crippen LogP contribution in [0.3, 0.4) is 0 Å². The summed E-state index contributed by atoms with van der Waals surface area (Å²) in [5, 5.41) is 13.0. The number of pyridine rings is 1. The number of carbonyl (C=O) groups is 1. The standard InChI is InChI=1S/C20H18N6O/c1-14-13-26(19-5-3-2-4-16(14)19)11-9-20(27)25-22-12-15-6-7-18-17(23-15)8-10-21-24-18/h2-8,10,12-13H,9,11H2,1H3,(H,25,27). The number of aryl methyl sites for hydroxylation is 2. The van der Waals surface area contributed by atoms with E-state index in [1.54, 1.807) is 18.3 Å². The van der Waals surface area contributed by atoms with Gasteiger partial charge < -0.3 is 4.57 Å². The van der Waals surface area contributed by atoms with Gasteiger partial charge in [0.15, 0.2) is 0 Å². The first-order valence-corrected chi connectivity index (χ1v) is 8.65. The van der Waals surface area contributed by atoms with E-state index >= 15 is 0 Å². The molecule has 1 N–H and O–H groups in total. The van der Waals surface area contributed by atoms with Crippen LogP contribution in [0.1, 0.15) is 17.7 Å². The topological polar surface area (TPSA) is 85.1 Å². The number of rotatable bonds is 5. The highest BCUT2D eigenvalue weighted by atomic mass is 16.2. The first-order chi connectivity index (χ1) is 13.2. The van der Waals surface area contributed by atoms with Crippen molar-refractivity contribution in [1.29, 1.82) is 0 Å². The molecule has 0 bridgehead atoms. The molecular formula is C20H18N6O. The van der Waals surface area contributed by atoms with Gasteiger partial charge in [0.1, 0.15) is 5.52 Å². The summed E-state index contributed by atoms with van der Waals surface area (Å²) >= 11 is 0. The monoisotopic (exact) mass is 358 g/mol. The summed E-state index contributed by atoms with van der Waals surface area (Å²) in [5.74, 6) is -0.145. The number of hydrogen-bond donors (Lipinski definition) is 1. The fraction of sp³-hybridized carbons (Fsp3) is 0.150. The Bertz CT molecular complexity index is 1150. The van der Waals surface area contributed by atoms with Crippen LogP contribution in [-0.2, 0) is 11.3 Å². The van der Waals surface area contributed by atoms with Crippen molar-refractivity contribution in [2.24, 2.45) is 5.10 Å². The van der Waals surface area contributed by atoms with Crippen molar-refractivity contribution in [3.63, 3.8) is 0 Å². The molecule has 3 heterocycles. The van der Waals surface area contributed by atoms with Crippen molar-refractivity contribution < 1.29 is 4.79 Å². The maximum Gasteiger partial charge on any atom is 0.241 e. The Morgan fingerprint density at radius 1 is 1.19 bits per heavy atom. The molecule has 0 aliphatic carbocycles. The molecule has 4 aromatic rings. The summed E-state index contributed by atoms with van der Waals surface area (Å²) in [6, 6.07) is 13.6. The second-order valence-corrected chi connectivity index (χ2v) is 6.24. The van der Waals surface area contributed by atoms with Gasteiger partial charge in [0, 0.05) is 30.1 Å². The Morgan fingerprint density at radius 2 is 2.07 bits per heavy atom. The molecule has 0 aliphatic heterocycles. The summed E-state index contributed by atoms with van der Waals surface area (Å²) in [5.41, 5.74) is 6.98. The lowest BCUT2D eigenvalue weighted by molar-refractivity contribution is -0.121. The zero-order valence-electron chi connectivity index (χ0n) is 14.8. The molecule has 134 valence electrons. The highest BCUT2D eigenvalue weighted by Crippen LogP contribution is 2.20. The number of hydrogen-bond acceptors (Lipinski definition) is 5. The van der Waals surface area contributed by atoms with Crippen LogP contribution in [0.15, 0.2) is 60.0 Å². The number of carbonyl (C=O) groups excluding carboxylic acids is 1. The second kappa shape index (κ2) is 7.33. The Balaban J connectivity index is 1.36. The molecule has 3 aromatic heterocycles. The molecule has 1 aromatic carbocycles. The van der Waals surface area contributed by atoms with Gasteiger partial charge >= 0.3 is 0 Å². The van der Waals surface area contributed by atoms with Crippen molar-refractivity contribution in [2.45, 2.75) is 19.9 Å². The van der Waals surface area contributed by atoms with Gasteiger partial charge in [-0.3, -0.25) is 4.79 Å². The van der Waals surface area contributed by atoms with E-state index in [2.05, 4.69) is 55.5 Å². The Morgan fingerprint density at radius 3 is 3.00 bits per heavy atom. The van der Waals surface area contributed by atoms with Crippen LogP contribution in [0.5, 0.6) is 0 Å². The lowest BCUT2D eigenvalue weighted by atomic mass is 10.2. The molecule has 7 heteroatoms. The molecular weight excluding hydrogens is 340 g/mol. The summed E-state index contributed by atoms with van der Waals surface area (Å²) < 4.78 is 2.10. The van der Waals surface area contributed by atoms with E-state index in [-0.39, 0.29) is 5.91 Å². The van der Waals surface area contributed by atoms with Gasteiger partial charge in [-0.2, -0.15) is 10.2 Å². The van der Waals surface area contributed by atoms with Crippen molar-refractivity contribution in [3.05, 3.63) is 66.1 Å². The maximum atomic E-state index is 12.1. The fourth-order valence-corrected chi connectivity index (χ4v) is 3.03. The fourth-order valence-electron chi connectivity index (χ4n) is 3.03. The van der Waals surface area contributed by atoms with E-state index in [0.29, 0.717) is 24.2 Å². The van der Waals surface area contributed by atoms with Gasteiger partial charge in [0.25, 0.3) is 0 Å². The van der Waals surface area contributed by atoms with Gasteiger partial charge in [-0.25, -0.2) is 10.4 Å². The smallest absolute Gasteiger partial charge is 0.241 e. The van der Waals surface area contributed by atoms with E-state index in [1.807, 2.05) is 18.2 Å². The predicted molar refractivity (Wildman–Crippen MR) is 104 cm³/mol. The number of amides is 1. The molecule has 7 nitrogen and oxygen atoms in total. The number of hydrazone groups is 1. The van der Waals surface area contributed by atoms with Crippen LogP contribution in [0.2, 0.25) is 0 Å². The number of para-hydroxylation sites is 1. The SMILES string of the molecule is Cc1cn(CCC(=O)NN=Cc2ccc3nnccc3n2)c2ccccc12. The Kier molecular flexibility index (Phi) is 4.57. The number of benzene rings is 1. The highest BCUT2D eigenvalue weighted by molar-refractivity contribution is 5.85. The summed E-state index contributed by atoms with van der Waals surface area (Å²) in [4.78, 5) is 16.5. The first-order valence-electron chi connectivity index (χ1n) is 8.65. The van der Waals surface area contributed by atoms with E-state index in [9.17, 15) is 4.79 Å². The van der Waals surface area contributed by atoms with Crippen molar-refractivity contribution >= 4 is 34.1 Å². The van der Waals surface area contributed by atoms with Crippen LogP contribution in [0.4, 0.5) is 0 Å². The van der Waals surface area contributed by atoms with Crippen molar-refractivity contribution in [1.82, 2.24) is 25.2 Å². The van der Waals surface area contributed by atoms with Gasteiger partial charge in [-0.15, -0.1) is 5.10 Å². The highest BCUT2D eigenvalue weighted by Gasteiger charge is 2.06. The first kappa shape index (κ1) is 16.8. The normalized spacial score (nSPS) is 11.4. The third-order valence-corrected chi connectivity index (χ3v) is 4.34. The number of fused-ring (bicyclic) bond motifs is 2. The molecule has 0 radical (unpaired) electrons. The number of nitrogens with one attached hydrogen (secondary N) is 1. The average Bonchev–Trinajstić information content (AvgIpc) is 3.02. The van der Waals surface area contributed by atoms with Crippen LogP contribution in [-0.4, -0.2) is 31.9 Å². The summed E-state index contributed by atoms with van der Waals surface area (Å²) in [6.07, 6.45) is 5.52. The van der Waals surface area contributed by atoms with Crippen LogP contribution in [0.25, 0.3) is 21.9 Å². The maximum absolute atomic E-state index is 12.1. The summed E-state index contributed by atoms with van der Waals surface area (Å²) in [7, 11) is 0. The van der Waals surface area contributed by atoms with E-state index < -0.39 is 0 Å². The third kappa shape index (κ3) is 3.67. The zero-order valence-corrected chi connectivity index (χ0v) is 14.8. The van der Waals surface area contributed by atoms with Gasteiger partial charge in [-0.05, 0) is 36.8 Å². The average molecular weight is 358 g/mol. The molecule has 4 rings (SSSR count). The molecule has 0 atom stereocenters. The molecule has 0 fully saturated rings. The lowest BCUT2D eigenvalue weighted by Gasteiger charge is -2.04. The quantitative estimate of drug-likeness (QED) is 0.439. The number of nitrogens with zero attached hydrogens (tertiary/aromatic N) is 5. The molecule has 0 aliphatic rings. The minimum atomic E-state index is -0.145. The van der Waals surface area contributed by atoms with Crippen molar-refractivity contribution in [2.75, 3.05) is 0 Å². The van der Waals surface area contributed by atoms with Crippen molar-refractivity contribution in [3.8, 4) is 0 Å². The predicted octanol–water partition coefficient (Wildman–Crippen LogP) is 2.83. The van der Waals surface area contributed by atoms with Crippen LogP contribution < -0.4 is 5.43 Å². The Hall–Kier alpha value is -3.61. The molecule has 0 saturated heterocycles. The third-order valence-electron chi connectivity index (χ3n) is 4.34. The molecule has 0 saturated carbocycles. The van der Waals surface area contributed by atoms with E-state index in [4.69, 9.17) is 0 Å². The molecule has 1 amide bonds. The lowest BCUT2D eigenvalue weighted by Crippen LogP contribution is -2.19. The molecule has 27 heavy (non-hydrogen) atoms. The minimum Gasteiger partial charge on any atom is -0.347 e. The van der Waals surface area contributed by atoms with Crippen LogP contribution in [0, 0.1) is 6.92 Å². The molecule has 0 unspecified atom stereocenters. The second-order valence-electron chi connectivity index (χ2n) is 6.24. The van der Waals surface area contributed by atoms with Gasteiger partial charge in [0.05, 0.1) is 23.6 Å². The van der Waals surface area contributed by atoms with Gasteiger partial charge in [0.2, 0.25) is 5.91 Å². The van der Waals surface area contributed by atoms with Crippen LogP contribution >= 0.6 is 0 Å². The molecule has 0 spiro atoms. The Labute approximate surface area is 155 Å². The van der Waals surface area contributed by atoms with Gasteiger partial charge in [-0.1, -0.05) is 18.2 Å². The van der Waals surface area contributed by atoms with E-state index in [0.717, 1.165) is 11.0 Å². The summed E-state index contributed by atoms with van der Waals surface area (Å²) in [6.45, 7) is 2.67. The largest absolute Gasteiger partial charge is 0.347 e. The minimum absolute atomic E-state index is 0.145.